The molecule has 0 aromatic heterocycles. The lowest BCUT2D eigenvalue weighted by Crippen LogP contribution is -2.19. The highest BCUT2D eigenvalue weighted by Gasteiger charge is 2.60. The van der Waals surface area contributed by atoms with Crippen LogP contribution in [-0.4, -0.2) is 7.05 Å². The van der Waals surface area contributed by atoms with Crippen molar-refractivity contribution in [3.63, 3.8) is 0 Å². The second-order valence-electron chi connectivity index (χ2n) is 8.02. The average Bonchev–Trinajstić information content (AvgIpc) is 3.25. The number of hydrogen-bond donors (Lipinski definition) is 1. The minimum Gasteiger partial charge on any atom is -0.388 e. The molecule has 1 aromatic rings. The molecule has 1 nitrogen and oxygen atoms in total. The van der Waals surface area contributed by atoms with Crippen molar-refractivity contribution in [1.29, 1.82) is 0 Å². The van der Waals surface area contributed by atoms with Crippen LogP contribution >= 0.6 is 11.6 Å². The first-order valence-electron chi connectivity index (χ1n) is 10.3. The summed E-state index contributed by atoms with van der Waals surface area (Å²) >= 11 is 5.64. The fraction of sp³-hybridized carbons (Fsp3) is 0.520. The first-order chi connectivity index (χ1) is 12.9. The van der Waals surface area contributed by atoms with E-state index < -0.39 is 0 Å². The molecule has 0 aliphatic heterocycles. The number of allylic oxidation sites excluding steroid dienone is 4. The van der Waals surface area contributed by atoms with E-state index in [2.05, 4.69) is 51.4 Å². The third-order valence-electron chi connectivity index (χ3n) is 6.89. The Morgan fingerprint density at radius 3 is 2.26 bits per heavy atom. The Bertz CT molecular complexity index is 662. The maximum Gasteiger partial charge on any atom is 0.0407 e. The Morgan fingerprint density at radius 2 is 1.85 bits per heavy atom. The van der Waals surface area contributed by atoms with E-state index in [-0.39, 0.29) is 0 Å². The smallest absolute Gasteiger partial charge is 0.0407 e. The van der Waals surface area contributed by atoms with Gasteiger partial charge in [0.1, 0.15) is 0 Å². The summed E-state index contributed by atoms with van der Waals surface area (Å²) in [7, 11) is 1.88. The summed E-state index contributed by atoms with van der Waals surface area (Å²) in [4.78, 5) is 0. The van der Waals surface area contributed by atoms with Crippen molar-refractivity contribution in [2.75, 3.05) is 12.4 Å². The van der Waals surface area contributed by atoms with Crippen molar-refractivity contribution in [2.24, 2.45) is 23.2 Å². The first kappa shape index (κ1) is 21.8. The molecule has 0 radical (unpaired) electrons. The van der Waals surface area contributed by atoms with Crippen LogP contribution in [0, 0.1) is 23.2 Å². The van der Waals surface area contributed by atoms with Crippen molar-refractivity contribution in [1.82, 2.24) is 0 Å². The van der Waals surface area contributed by atoms with Gasteiger partial charge < -0.3 is 5.32 Å². The molecule has 2 fully saturated rings. The Kier molecular flexibility index (Phi) is 7.79. The lowest BCUT2D eigenvalue weighted by atomic mass is 9.73. The fourth-order valence-corrected chi connectivity index (χ4v) is 5.11. The molecule has 0 bridgehead atoms. The Hall–Kier alpha value is -1.47. The maximum atomic E-state index is 5.64. The zero-order valence-corrected chi connectivity index (χ0v) is 18.3. The van der Waals surface area contributed by atoms with Gasteiger partial charge in [0.15, 0.2) is 0 Å². The maximum absolute atomic E-state index is 5.64. The van der Waals surface area contributed by atoms with Gasteiger partial charge in [0.25, 0.3) is 0 Å². The topological polar surface area (TPSA) is 12.0 Å². The third kappa shape index (κ3) is 4.88. The van der Waals surface area contributed by atoms with Gasteiger partial charge >= 0.3 is 0 Å². The van der Waals surface area contributed by atoms with E-state index in [1.807, 2.05) is 31.3 Å². The molecule has 2 heteroatoms. The largest absolute Gasteiger partial charge is 0.388 e. The summed E-state index contributed by atoms with van der Waals surface area (Å²) < 4.78 is 0. The standard InChI is InChI=1S/C18H28.C7H8ClN/c1-6-13(4)16(7-2)15-9-11-18(12-10-15)14(5)17(18)8-3;1-9-7-4-2-6(8)3-5-7/h7-8,14-15,17H,3-4,6,9-12H2,1-2,5H3;2-5,9H,1H3/b16-7+;. The van der Waals surface area contributed by atoms with Crippen LogP contribution < -0.4 is 5.32 Å². The number of hydrogen-bond acceptors (Lipinski definition) is 1. The Morgan fingerprint density at radius 1 is 1.26 bits per heavy atom. The molecular weight excluding hydrogens is 350 g/mol. The summed E-state index contributed by atoms with van der Waals surface area (Å²) in [6.45, 7) is 15.0. The predicted molar refractivity (Wildman–Crippen MR) is 121 cm³/mol. The molecule has 1 aromatic carbocycles. The SMILES string of the molecule is C=CC1C(C)C12CCC(/C(=C/C)C(=C)CC)CC2.CNc1ccc(Cl)cc1. The first-order valence-corrected chi connectivity index (χ1v) is 10.7. The van der Waals surface area contributed by atoms with Crippen LogP contribution in [-0.2, 0) is 0 Å². The van der Waals surface area contributed by atoms with E-state index in [4.69, 9.17) is 11.6 Å². The van der Waals surface area contributed by atoms with Gasteiger partial charge in [-0.15, -0.1) is 6.58 Å². The van der Waals surface area contributed by atoms with E-state index in [0.717, 1.165) is 34.9 Å². The number of anilines is 1. The number of benzene rings is 1. The molecule has 1 N–H and O–H groups in total. The van der Waals surface area contributed by atoms with Crippen LogP contribution in [0.5, 0.6) is 0 Å². The number of halogens is 1. The van der Waals surface area contributed by atoms with Crippen LogP contribution in [0.15, 0.2) is 60.7 Å². The molecule has 0 saturated heterocycles. The van der Waals surface area contributed by atoms with Crippen LogP contribution in [0.1, 0.15) is 52.9 Å². The second kappa shape index (κ2) is 9.64. The summed E-state index contributed by atoms with van der Waals surface area (Å²) in [5.41, 5.74) is 4.60. The monoisotopic (exact) mass is 385 g/mol. The molecule has 1 spiro atoms. The highest BCUT2D eigenvalue weighted by Crippen LogP contribution is 2.67. The molecule has 27 heavy (non-hydrogen) atoms. The normalized spacial score (nSPS) is 29.5. The van der Waals surface area contributed by atoms with E-state index in [1.54, 1.807) is 0 Å². The summed E-state index contributed by atoms with van der Waals surface area (Å²) in [5.74, 6) is 2.44. The number of rotatable bonds is 5. The van der Waals surface area contributed by atoms with Gasteiger partial charge in [-0.25, -0.2) is 0 Å². The summed E-state index contributed by atoms with van der Waals surface area (Å²) in [6, 6.07) is 7.57. The molecule has 148 valence electrons. The van der Waals surface area contributed by atoms with Crippen molar-refractivity contribution in [3.05, 3.63) is 65.7 Å². The zero-order chi connectivity index (χ0) is 20.0. The van der Waals surface area contributed by atoms with Gasteiger partial charge in [0, 0.05) is 17.8 Å². The molecule has 2 aliphatic carbocycles. The van der Waals surface area contributed by atoms with E-state index in [9.17, 15) is 0 Å². The molecule has 2 saturated carbocycles. The van der Waals surface area contributed by atoms with Gasteiger partial charge in [-0.05, 0) is 92.0 Å². The molecule has 2 aliphatic rings. The van der Waals surface area contributed by atoms with Crippen LogP contribution in [0.25, 0.3) is 0 Å². The number of nitrogens with one attached hydrogen (secondary N) is 1. The Labute approximate surface area is 171 Å². The van der Waals surface area contributed by atoms with Gasteiger partial charge in [-0.3, -0.25) is 0 Å². The second-order valence-corrected chi connectivity index (χ2v) is 8.45. The van der Waals surface area contributed by atoms with Crippen molar-refractivity contribution >= 4 is 17.3 Å². The lowest BCUT2D eigenvalue weighted by Gasteiger charge is -2.32. The Balaban J connectivity index is 0.000000244. The summed E-state index contributed by atoms with van der Waals surface area (Å²) in [5, 5.41) is 3.77. The quantitative estimate of drug-likeness (QED) is 0.401. The highest BCUT2D eigenvalue weighted by atomic mass is 35.5. The molecule has 2 atom stereocenters. The van der Waals surface area contributed by atoms with Crippen LogP contribution in [0.4, 0.5) is 5.69 Å². The third-order valence-corrected chi connectivity index (χ3v) is 7.14. The lowest BCUT2D eigenvalue weighted by molar-refractivity contribution is 0.257. The van der Waals surface area contributed by atoms with Crippen molar-refractivity contribution < 1.29 is 0 Å². The van der Waals surface area contributed by atoms with Gasteiger partial charge in [-0.2, -0.15) is 0 Å². The van der Waals surface area contributed by atoms with Crippen LogP contribution in [0.2, 0.25) is 5.02 Å². The van der Waals surface area contributed by atoms with E-state index >= 15 is 0 Å². The molecule has 0 heterocycles. The predicted octanol–water partition coefficient (Wildman–Crippen LogP) is 7.91. The zero-order valence-electron chi connectivity index (χ0n) is 17.5. The van der Waals surface area contributed by atoms with E-state index in [0.29, 0.717) is 5.41 Å². The van der Waals surface area contributed by atoms with Gasteiger partial charge in [-0.1, -0.05) is 49.8 Å². The highest BCUT2D eigenvalue weighted by molar-refractivity contribution is 6.30. The van der Waals surface area contributed by atoms with Crippen LogP contribution in [0.3, 0.4) is 0 Å². The molecule has 2 unspecified atom stereocenters. The summed E-state index contributed by atoms with van der Waals surface area (Å²) in [6.07, 6.45) is 11.1. The fourth-order valence-electron chi connectivity index (χ4n) is 4.98. The minimum atomic E-state index is 0.630. The van der Waals surface area contributed by atoms with Crippen molar-refractivity contribution in [2.45, 2.75) is 52.9 Å². The molecule has 3 rings (SSSR count). The average molecular weight is 386 g/mol. The van der Waals surface area contributed by atoms with E-state index in [1.165, 1.54) is 36.8 Å². The van der Waals surface area contributed by atoms with Gasteiger partial charge in [0.05, 0.1) is 0 Å². The molecular formula is C25H36ClN. The van der Waals surface area contributed by atoms with Crippen molar-refractivity contribution in [3.8, 4) is 0 Å². The molecule has 0 amide bonds. The minimum absolute atomic E-state index is 0.630. The van der Waals surface area contributed by atoms with Gasteiger partial charge in [0.2, 0.25) is 0 Å².